The minimum atomic E-state index is -5.07. The van der Waals surface area contributed by atoms with Crippen molar-refractivity contribution in [3.63, 3.8) is 0 Å². The van der Waals surface area contributed by atoms with Crippen LogP contribution in [-0.4, -0.2) is 40.6 Å². The van der Waals surface area contributed by atoms with E-state index in [9.17, 15) is 31.1 Å². The first kappa shape index (κ1) is 15.2. The summed E-state index contributed by atoms with van der Waals surface area (Å²) < 4.78 is 70.2. The Morgan fingerprint density at radius 2 is 1.12 bits per heavy atom. The Kier molecular flexibility index (Phi) is 4.74. The van der Waals surface area contributed by atoms with Crippen molar-refractivity contribution in [1.82, 2.24) is 0 Å². The van der Waals surface area contributed by atoms with Crippen LogP contribution in [0.25, 0.3) is 0 Å². The van der Waals surface area contributed by atoms with Gasteiger partial charge in [0, 0.05) is 12.8 Å². The summed E-state index contributed by atoms with van der Waals surface area (Å²) in [5, 5.41) is 16.7. The van der Waals surface area contributed by atoms with E-state index in [1.54, 1.807) is 0 Å². The molecule has 0 spiro atoms. The van der Waals surface area contributed by atoms with Crippen molar-refractivity contribution in [2.24, 2.45) is 0 Å². The highest BCUT2D eigenvalue weighted by Crippen LogP contribution is 2.25. The maximum atomic E-state index is 11.7. The normalized spacial score (nSPS) is 17.0. The Hall–Kier alpha value is -0.830. The van der Waals surface area contributed by atoms with Crippen molar-refractivity contribution >= 4 is 5.78 Å². The van der Waals surface area contributed by atoms with Crippen LogP contribution in [0.1, 0.15) is 12.8 Å². The van der Waals surface area contributed by atoms with Gasteiger partial charge in [0.2, 0.25) is 0 Å². The molecule has 0 saturated carbocycles. The first-order valence-electron chi connectivity index (χ1n) is 3.96. The smallest absolute Gasteiger partial charge is 0.383 e. The summed E-state index contributed by atoms with van der Waals surface area (Å²) in [6.07, 6.45) is -19.2. The van der Waals surface area contributed by atoms with Crippen molar-refractivity contribution in [1.29, 1.82) is 0 Å². The van der Waals surface area contributed by atoms with Crippen LogP contribution in [0.15, 0.2) is 0 Å². The fourth-order valence-corrected chi connectivity index (χ4v) is 0.746. The summed E-state index contributed by atoms with van der Waals surface area (Å²) in [5.41, 5.74) is 0. The quantitative estimate of drug-likeness (QED) is 0.741. The molecule has 0 bridgehead atoms. The molecular formula is C7H8F6O3. The Bertz CT molecular complexity index is 221. The van der Waals surface area contributed by atoms with Crippen molar-refractivity contribution in [3.05, 3.63) is 0 Å². The average molecular weight is 254 g/mol. The van der Waals surface area contributed by atoms with Crippen molar-refractivity contribution < 1.29 is 41.4 Å². The maximum Gasteiger partial charge on any atom is 0.414 e. The molecule has 0 aromatic heterocycles. The molecule has 0 aliphatic rings. The number of ketones is 1. The second-order valence-electron chi connectivity index (χ2n) is 3.06. The molecule has 0 heterocycles. The fourth-order valence-electron chi connectivity index (χ4n) is 0.746. The number of carbonyl (C=O) groups is 1. The number of hydrogen-bond donors (Lipinski definition) is 2. The van der Waals surface area contributed by atoms with E-state index in [2.05, 4.69) is 0 Å². The standard InChI is InChI=1S/C7H8F6O3/c8-6(9,10)4(15)1-3(14)2-5(16)7(11,12)13/h4-5,15-16H,1-2H2. The van der Waals surface area contributed by atoms with Crippen LogP contribution in [0.5, 0.6) is 0 Å². The summed E-state index contributed by atoms with van der Waals surface area (Å²) in [6, 6.07) is 0. The lowest BCUT2D eigenvalue weighted by atomic mass is 10.1. The summed E-state index contributed by atoms with van der Waals surface area (Å²) in [5.74, 6) is -1.52. The van der Waals surface area contributed by atoms with Gasteiger partial charge in [0.1, 0.15) is 5.78 Å². The van der Waals surface area contributed by atoms with E-state index in [4.69, 9.17) is 10.2 Å². The van der Waals surface area contributed by atoms with Gasteiger partial charge in [0.05, 0.1) is 0 Å². The molecule has 0 aromatic rings. The summed E-state index contributed by atoms with van der Waals surface area (Å²) in [7, 11) is 0. The second-order valence-corrected chi connectivity index (χ2v) is 3.06. The van der Waals surface area contributed by atoms with E-state index in [1.807, 2.05) is 0 Å². The molecule has 0 aliphatic heterocycles. The predicted molar refractivity (Wildman–Crippen MR) is 38.4 cm³/mol. The number of aliphatic hydroxyl groups excluding tert-OH is 2. The SMILES string of the molecule is O=C(CC(O)C(F)(F)F)CC(O)C(F)(F)F. The molecule has 0 radical (unpaired) electrons. The van der Waals surface area contributed by atoms with Crippen LogP contribution in [0.2, 0.25) is 0 Å². The molecule has 9 heteroatoms. The van der Waals surface area contributed by atoms with Gasteiger partial charge in [-0.2, -0.15) is 26.3 Å². The van der Waals surface area contributed by atoms with Crippen LogP contribution < -0.4 is 0 Å². The molecule has 16 heavy (non-hydrogen) atoms. The molecule has 0 fully saturated rings. The number of alkyl halides is 6. The van der Waals surface area contributed by atoms with Crippen LogP contribution in [0.3, 0.4) is 0 Å². The minimum Gasteiger partial charge on any atom is -0.383 e. The molecule has 0 aliphatic carbocycles. The lowest BCUT2D eigenvalue weighted by Crippen LogP contribution is -2.35. The van der Waals surface area contributed by atoms with Gasteiger partial charge in [0.25, 0.3) is 0 Å². The summed E-state index contributed by atoms with van der Waals surface area (Å²) >= 11 is 0. The Balaban J connectivity index is 4.21. The highest BCUT2D eigenvalue weighted by Gasteiger charge is 2.42. The van der Waals surface area contributed by atoms with Gasteiger partial charge in [-0.25, -0.2) is 0 Å². The van der Waals surface area contributed by atoms with Gasteiger partial charge in [-0.15, -0.1) is 0 Å². The van der Waals surface area contributed by atoms with E-state index in [-0.39, 0.29) is 0 Å². The monoisotopic (exact) mass is 254 g/mol. The van der Waals surface area contributed by atoms with Gasteiger partial charge < -0.3 is 10.2 Å². The molecule has 2 unspecified atom stereocenters. The highest BCUT2D eigenvalue weighted by atomic mass is 19.4. The number of Topliss-reactive ketones (excluding diaryl/α,β-unsaturated/α-hetero) is 1. The largest absolute Gasteiger partial charge is 0.414 e. The Labute approximate surface area is 85.7 Å². The van der Waals surface area contributed by atoms with Crippen LogP contribution in [-0.2, 0) is 4.79 Å². The van der Waals surface area contributed by atoms with Crippen molar-refractivity contribution in [2.45, 2.75) is 37.4 Å². The molecule has 2 N–H and O–H groups in total. The highest BCUT2D eigenvalue weighted by molar-refractivity contribution is 5.79. The van der Waals surface area contributed by atoms with E-state index in [0.717, 1.165) is 0 Å². The van der Waals surface area contributed by atoms with E-state index >= 15 is 0 Å². The lowest BCUT2D eigenvalue weighted by Gasteiger charge is -2.16. The second kappa shape index (κ2) is 5.00. The third kappa shape index (κ3) is 5.31. The van der Waals surface area contributed by atoms with Crippen LogP contribution in [0, 0.1) is 0 Å². The summed E-state index contributed by atoms with van der Waals surface area (Å²) in [4.78, 5) is 10.6. The average Bonchev–Trinajstić information content (AvgIpc) is 1.99. The molecule has 0 aromatic carbocycles. The fraction of sp³-hybridized carbons (Fsp3) is 0.857. The van der Waals surface area contributed by atoms with Gasteiger partial charge in [-0.3, -0.25) is 4.79 Å². The van der Waals surface area contributed by atoms with Crippen LogP contribution in [0.4, 0.5) is 26.3 Å². The molecular weight excluding hydrogens is 246 g/mol. The van der Waals surface area contributed by atoms with Gasteiger partial charge in [-0.05, 0) is 0 Å². The van der Waals surface area contributed by atoms with Gasteiger partial charge in [-0.1, -0.05) is 0 Å². The lowest BCUT2D eigenvalue weighted by molar-refractivity contribution is -0.212. The number of halogens is 6. The van der Waals surface area contributed by atoms with Crippen LogP contribution >= 0.6 is 0 Å². The van der Waals surface area contributed by atoms with Crippen molar-refractivity contribution in [2.75, 3.05) is 0 Å². The molecule has 96 valence electrons. The Morgan fingerprint density at radius 1 is 0.875 bits per heavy atom. The third-order valence-electron chi connectivity index (χ3n) is 1.60. The number of hydrogen-bond acceptors (Lipinski definition) is 3. The van der Waals surface area contributed by atoms with Crippen molar-refractivity contribution in [3.8, 4) is 0 Å². The zero-order chi connectivity index (χ0) is 13.1. The molecule has 3 nitrogen and oxygen atoms in total. The van der Waals surface area contributed by atoms with Gasteiger partial charge in [0.15, 0.2) is 12.2 Å². The number of rotatable bonds is 4. The van der Waals surface area contributed by atoms with E-state index in [0.29, 0.717) is 0 Å². The first-order chi connectivity index (χ1) is 6.94. The third-order valence-corrected chi connectivity index (χ3v) is 1.60. The molecule has 0 saturated heterocycles. The minimum absolute atomic E-state index is 1.50. The van der Waals surface area contributed by atoms with Gasteiger partial charge >= 0.3 is 12.4 Å². The maximum absolute atomic E-state index is 11.7. The zero-order valence-corrected chi connectivity index (χ0v) is 7.64. The molecule has 0 rings (SSSR count). The number of aliphatic hydroxyl groups is 2. The van der Waals surface area contributed by atoms with E-state index in [1.165, 1.54) is 0 Å². The topological polar surface area (TPSA) is 57.5 Å². The number of carbonyl (C=O) groups excluding carboxylic acids is 1. The summed E-state index contributed by atoms with van der Waals surface area (Å²) in [6.45, 7) is 0. The Morgan fingerprint density at radius 3 is 1.31 bits per heavy atom. The zero-order valence-electron chi connectivity index (χ0n) is 7.64. The molecule has 0 amide bonds. The molecule has 2 atom stereocenters. The first-order valence-corrected chi connectivity index (χ1v) is 3.96. The van der Waals surface area contributed by atoms with E-state index < -0.39 is 43.2 Å². The predicted octanol–water partition coefficient (Wildman–Crippen LogP) is 1.18.